The Balaban J connectivity index is 2.13. The highest BCUT2D eigenvalue weighted by Gasteiger charge is 2.23. The summed E-state index contributed by atoms with van der Waals surface area (Å²) in [6, 6.07) is 1.77. The van der Waals surface area contributed by atoms with Crippen LogP contribution in [0.1, 0.15) is 29.0 Å². The molecule has 1 saturated heterocycles. The summed E-state index contributed by atoms with van der Waals surface area (Å²) in [7, 11) is -3.37. The summed E-state index contributed by atoms with van der Waals surface area (Å²) < 4.78 is 27.5. The van der Waals surface area contributed by atoms with E-state index in [-0.39, 0.29) is 6.04 Å². The van der Waals surface area contributed by atoms with Gasteiger partial charge < -0.3 is 5.32 Å². The molecular weight excluding hydrogens is 268 g/mol. The minimum absolute atomic E-state index is 0.0112. The number of nitrogens with one attached hydrogen (secondary N) is 2. The fraction of sp³-hybridized carbons (Fsp3) is 0.667. The third-order valence-electron chi connectivity index (χ3n) is 3.15. The maximum Gasteiger partial charge on any atom is 0.241 e. The van der Waals surface area contributed by atoms with Crippen LogP contribution in [0.2, 0.25) is 0 Å². The van der Waals surface area contributed by atoms with Gasteiger partial charge in [-0.05, 0) is 39.3 Å². The molecule has 0 radical (unpaired) electrons. The van der Waals surface area contributed by atoms with Gasteiger partial charge in [-0.1, -0.05) is 6.42 Å². The maximum atomic E-state index is 12.3. The van der Waals surface area contributed by atoms with E-state index in [1.54, 1.807) is 6.07 Å². The zero-order valence-electron chi connectivity index (χ0n) is 10.8. The highest BCUT2D eigenvalue weighted by molar-refractivity contribution is 7.89. The van der Waals surface area contributed by atoms with E-state index in [9.17, 15) is 8.42 Å². The van der Waals surface area contributed by atoms with E-state index < -0.39 is 10.0 Å². The minimum atomic E-state index is -3.37. The van der Waals surface area contributed by atoms with Crippen LogP contribution in [-0.2, 0) is 10.0 Å². The largest absolute Gasteiger partial charge is 0.315 e. The number of thiophene rings is 1. The molecule has 6 heteroatoms. The summed E-state index contributed by atoms with van der Waals surface area (Å²) in [5.41, 5.74) is 0. The molecule has 4 nitrogen and oxygen atoms in total. The van der Waals surface area contributed by atoms with Gasteiger partial charge in [-0.15, -0.1) is 11.3 Å². The standard InChI is InChI=1S/C12H20N2O2S2/c1-9-7-12(10(2)17-9)18(15,16)14-11-5-3-4-6-13-8-11/h7,11,13-14H,3-6,8H2,1-2H3. The van der Waals surface area contributed by atoms with Crippen LogP contribution in [0.5, 0.6) is 0 Å². The van der Waals surface area contributed by atoms with Crippen LogP contribution in [0, 0.1) is 13.8 Å². The number of rotatable bonds is 3. The Kier molecular flexibility index (Phi) is 4.42. The number of sulfonamides is 1. The fourth-order valence-electron chi connectivity index (χ4n) is 2.28. The van der Waals surface area contributed by atoms with E-state index >= 15 is 0 Å². The predicted molar refractivity (Wildman–Crippen MR) is 74.6 cm³/mol. The molecule has 1 unspecified atom stereocenters. The molecule has 1 aliphatic rings. The lowest BCUT2D eigenvalue weighted by atomic mass is 10.2. The molecule has 2 heterocycles. The van der Waals surface area contributed by atoms with E-state index in [1.807, 2.05) is 13.8 Å². The lowest BCUT2D eigenvalue weighted by Gasteiger charge is -2.16. The maximum absolute atomic E-state index is 12.3. The first-order valence-electron chi connectivity index (χ1n) is 6.29. The molecule has 1 aliphatic heterocycles. The van der Waals surface area contributed by atoms with Crippen LogP contribution in [0.3, 0.4) is 0 Å². The Labute approximate surface area is 113 Å². The first kappa shape index (κ1) is 14.0. The third kappa shape index (κ3) is 3.32. The van der Waals surface area contributed by atoms with Crippen LogP contribution >= 0.6 is 11.3 Å². The number of hydrogen-bond acceptors (Lipinski definition) is 4. The lowest BCUT2D eigenvalue weighted by Crippen LogP contribution is -2.40. The zero-order valence-corrected chi connectivity index (χ0v) is 12.5. The minimum Gasteiger partial charge on any atom is -0.315 e. The van der Waals surface area contributed by atoms with Crippen molar-refractivity contribution < 1.29 is 8.42 Å². The van der Waals surface area contributed by atoms with Crippen molar-refractivity contribution in [2.45, 2.75) is 44.0 Å². The van der Waals surface area contributed by atoms with Crippen molar-refractivity contribution in [2.24, 2.45) is 0 Å². The Bertz CT molecular complexity index is 500. The predicted octanol–water partition coefficient (Wildman–Crippen LogP) is 1.79. The molecule has 0 aliphatic carbocycles. The van der Waals surface area contributed by atoms with Crippen LogP contribution in [-0.4, -0.2) is 27.5 Å². The molecule has 2 N–H and O–H groups in total. The Morgan fingerprint density at radius 3 is 2.83 bits per heavy atom. The van der Waals surface area contributed by atoms with Gasteiger partial charge in [0.05, 0.1) is 4.90 Å². The Morgan fingerprint density at radius 1 is 1.39 bits per heavy atom. The summed E-state index contributed by atoms with van der Waals surface area (Å²) in [6.45, 7) is 5.50. The molecule has 1 fully saturated rings. The SMILES string of the molecule is Cc1cc(S(=O)(=O)NC2CCCCNC2)c(C)s1. The van der Waals surface area contributed by atoms with E-state index in [1.165, 1.54) is 11.3 Å². The Morgan fingerprint density at radius 2 is 2.17 bits per heavy atom. The zero-order chi connectivity index (χ0) is 13.2. The molecule has 0 aromatic carbocycles. The monoisotopic (exact) mass is 288 g/mol. The first-order valence-corrected chi connectivity index (χ1v) is 8.59. The summed E-state index contributed by atoms with van der Waals surface area (Å²) >= 11 is 1.53. The molecule has 18 heavy (non-hydrogen) atoms. The van der Waals surface area contributed by atoms with Crippen LogP contribution in [0.4, 0.5) is 0 Å². The summed E-state index contributed by atoms with van der Waals surface area (Å²) in [5, 5.41) is 3.27. The second-order valence-electron chi connectivity index (χ2n) is 4.80. The third-order valence-corrected chi connectivity index (χ3v) is 5.90. The fourth-order valence-corrected chi connectivity index (χ4v) is 5.10. The smallest absolute Gasteiger partial charge is 0.241 e. The van der Waals surface area contributed by atoms with Crippen LogP contribution < -0.4 is 10.0 Å². The van der Waals surface area contributed by atoms with Crippen molar-refractivity contribution in [1.29, 1.82) is 0 Å². The summed E-state index contributed by atoms with van der Waals surface area (Å²) in [6.07, 6.45) is 3.10. The normalized spacial score (nSPS) is 21.8. The van der Waals surface area contributed by atoms with Crippen molar-refractivity contribution >= 4 is 21.4 Å². The van der Waals surface area contributed by atoms with Crippen molar-refractivity contribution in [3.63, 3.8) is 0 Å². The van der Waals surface area contributed by atoms with Crippen LogP contribution in [0.25, 0.3) is 0 Å². The molecule has 0 spiro atoms. The van der Waals surface area contributed by atoms with Gasteiger partial charge in [-0.2, -0.15) is 0 Å². The number of aryl methyl sites for hydroxylation is 2. The number of hydrogen-bond donors (Lipinski definition) is 2. The van der Waals surface area contributed by atoms with Crippen molar-refractivity contribution in [3.05, 3.63) is 15.8 Å². The summed E-state index contributed by atoms with van der Waals surface area (Å²) in [4.78, 5) is 2.34. The molecule has 0 amide bonds. The second-order valence-corrected chi connectivity index (χ2v) is 7.94. The molecule has 2 rings (SSSR count). The van der Waals surface area contributed by atoms with Gasteiger partial charge in [0, 0.05) is 22.3 Å². The van der Waals surface area contributed by atoms with E-state index in [2.05, 4.69) is 10.0 Å². The molecule has 1 aromatic rings. The topological polar surface area (TPSA) is 58.2 Å². The van der Waals surface area contributed by atoms with E-state index in [4.69, 9.17) is 0 Å². The van der Waals surface area contributed by atoms with Crippen molar-refractivity contribution in [3.8, 4) is 0 Å². The average molecular weight is 288 g/mol. The van der Waals surface area contributed by atoms with Gasteiger partial charge in [0.2, 0.25) is 10.0 Å². The highest BCUT2D eigenvalue weighted by Crippen LogP contribution is 2.25. The molecule has 0 saturated carbocycles. The van der Waals surface area contributed by atoms with Gasteiger partial charge in [0.15, 0.2) is 0 Å². The molecular formula is C12H20N2O2S2. The molecule has 1 atom stereocenters. The van der Waals surface area contributed by atoms with Gasteiger partial charge in [0.25, 0.3) is 0 Å². The molecule has 0 bridgehead atoms. The van der Waals surface area contributed by atoms with Crippen molar-refractivity contribution in [1.82, 2.24) is 10.0 Å². The lowest BCUT2D eigenvalue weighted by molar-refractivity contribution is 0.521. The first-order chi connectivity index (χ1) is 8.49. The molecule has 102 valence electrons. The van der Waals surface area contributed by atoms with Gasteiger partial charge in [0.1, 0.15) is 0 Å². The highest BCUT2D eigenvalue weighted by atomic mass is 32.2. The van der Waals surface area contributed by atoms with E-state index in [0.717, 1.165) is 42.1 Å². The van der Waals surface area contributed by atoms with E-state index in [0.29, 0.717) is 4.90 Å². The second kappa shape index (κ2) is 5.69. The average Bonchev–Trinajstić information content (AvgIpc) is 2.51. The Hall–Kier alpha value is -0.430. The van der Waals surface area contributed by atoms with Gasteiger partial charge in [-0.25, -0.2) is 13.1 Å². The quantitative estimate of drug-likeness (QED) is 0.891. The van der Waals surface area contributed by atoms with Crippen molar-refractivity contribution in [2.75, 3.05) is 13.1 Å². The summed E-state index contributed by atoms with van der Waals surface area (Å²) in [5.74, 6) is 0. The van der Waals surface area contributed by atoms with Gasteiger partial charge >= 0.3 is 0 Å². The molecule has 1 aromatic heterocycles. The van der Waals surface area contributed by atoms with Crippen LogP contribution in [0.15, 0.2) is 11.0 Å². The van der Waals surface area contributed by atoms with Gasteiger partial charge in [-0.3, -0.25) is 0 Å².